The van der Waals surface area contributed by atoms with E-state index in [1.54, 1.807) is 12.1 Å². The number of halogens is 3. The van der Waals surface area contributed by atoms with Crippen molar-refractivity contribution in [2.24, 2.45) is 0 Å². The first kappa shape index (κ1) is 21.7. The summed E-state index contributed by atoms with van der Waals surface area (Å²) in [7, 11) is 1.86. The molecule has 0 aliphatic carbocycles. The average molecular weight is 682 g/mol. The van der Waals surface area contributed by atoms with E-state index in [4.69, 9.17) is 12.2 Å². The molecule has 9 heteroatoms. The van der Waals surface area contributed by atoms with Crippen molar-refractivity contribution in [1.82, 2.24) is 5.32 Å². The van der Waals surface area contributed by atoms with Crippen LogP contribution in [0.15, 0.2) is 40.4 Å². The fraction of sp³-hybridized carbons (Fsp3) is 0.105. The van der Waals surface area contributed by atoms with Gasteiger partial charge in [-0.15, -0.1) is 0 Å². The molecule has 5 nitrogen and oxygen atoms in total. The third-order valence-electron chi connectivity index (χ3n) is 4.13. The Hall–Kier alpha value is -1.05. The maximum Gasteiger partial charge on any atom is 0.270 e. The van der Waals surface area contributed by atoms with Gasteiger partial charge in [0.2, 0.25) is 0 Å². The molecule has 0 radical (unpaired) electrons. The van der Waals surface area contributed by atoms with Gasteiger partial charge in [-0.2, -0.15) is 0 Å². The molecule has 28 heavy (non-hydrogen) atoms. The van der Waals surface area contributed by atoms with Crippen LogP contribution in [0.4, 0.5) is 11.4 Å². The molecule has 3 rings (SSSR count). The number of nitrogens with one attached hydrogen (secondary N) is 2. The molecule has 0 atom stereocenters. The van der Waals surface area contributed by atoms with Crippen LogP contribution < -0.4 is 15.5 Å². The van der Waals surface area contributed by atoms with Crippen molar-refractivity contribution in [1.29, 1.82) is 0 Å². The van der Waals surface area contributed by atoms with Gasteiger partial charge in [-0.25, -0.2) is 0 Å². The fourth-order valence-corrected chi connectivity index (χ4v) is 5.93. The number of anilines is 2. The Labute approximate surface area is 203 Å². The van der Waals surface area contributed by atoms with Gasteiger partial charge in [-0.05, 0) is 112 Å². The number of thiocarbonyl (C=S) groups is 1. The van der Waals surface area contributed by atoms with Gasteiger partial charge in [0.15, 0.2) is 5.11 Å². The van der Waals surface area contributed by atoms with Crippen LogP contribution in [0, 0.1) is 14.1 Å². The minimum absolute atomic E-state index is 0.0414. The van der Waals surface area contributed by atoms with E-state index < -0.39 is 11.8 Å². The molecule has 0 spiro atoms. The molecule has 1 aliphatic rings. The third kappa shape index (κ3) is 4.26. The van der Waals surface area contributed by atoms with E-state index in [1.165, 1.54) is 4.90 Å². The van der Waals surface area contributed by atoms with Crippen molar-refractivity contribution >= 4 is 108 Å². The zero-order valence-corrected chi connectivity index (χ0v) is 21.5. The van der Waals surface area contributed by atoms with Crippen molar-refractivity contribution < 1.29 is 9.59 Å². The lowest BCUT2D eigenvalue weighted by atomic mass is 10.1. The number of carbonyl (C=O) groups excluding carboxylic acids is 2. The molecule has 2 aromatic rings. The van der Waals surface area contributed by atoms with E-state index in [2.05, 4.69) is 71.7 Å². The molecule has 1 heterocycles. The number of rotatable bonds is 3. The van der Waals surface area contributed by atoms with E-state index in [-0.39, 0.29) is 10.7 Å². The SMILES string of the molecule is CNc1c(I)cc(/C=C2\C(=O)NC(=S)N(c3ccc(Br)cc3C)C2=O)cc1I. The molecule has 1 fully saturated rings. The summed E-state index contributed by atoms with van der Waals surface area (Å²) in [5, 5.41) is 5.85. The first-order valence-electron chi connectivity index (χ1n) is 8.07. The standard InChI is InChI=1S/C19H14BrI2N3O2S/c1-9-5-11(20)3-4-15(9)25-18(27)12(17(26)24-19(25)28)6-10-7-13(21)16(23-2)14(22)8-10/h3-8,23H,1-2H3,(H,24,26,28)/b12-6+. The summed E-state index contributed by atoms with van der Waals surface area (Å²) in [6.07, 6.45) is 1.60. The minimum Gasteiger partial charge on any atom is -0.386 e. The van der Waals surface area contributed by atoms with Crippen LogP contribution in [-0.2, 0) is 9.59 Å². The molecule has 2 aromatic carbocycles. The predicted molar refractivity (Wildman–Crippen MR) is 137 cm³/mol. The van der Waals surface area contributed by atoms with Gasteiger partial charge in [-0.1, -0.05) is 15.9 Å². The van der Waals surface area contributed by atoms with E-state index in [9.17, 15) is 9.59 Å². The van der Waals surface area contributed by atoms with Crippen molar-refractivity contribution in [3.8, 4) is 0 Å². The van der Waals surface area contributed by atoms with Crippen LogP contribution in [-0.4, -0.2) is 24.0 Å². The summed E-state index contributed by atoms with van der Waals surface area (Å²) >= 11 is 13.1. The second-order valence-corrected chi connectivity index (χ2v) is 9.62. The quantitative estimate of drug-likeness (QED) is 0.211. The molecule has 144 valence electrons. The maximum atomic E-state index is 13.2. The summed E-state index contributed by atoms with van der Waals surface area (Å²) in [6.45, 7) is 1.89. The molecule has 2 N–H and O–H groups in total. The maximum absolute atomic E-state index is 13.2. The Morgan fingerprint density at radius 3 is 2.39 bits per heavy atom. The van der Waals surface area contributed by atoms with E-state index in [0.717, 1.165) is 28.4 Å². The molecular weight excluding hydrogens is 668 g/mol. The average Bonchev–Trinajstić information content (AvgIpc) is 2.60. The summed E-state index contributed by atoms with van der Waals surface area (Å²) < 4.78 is 2.90. The predicted octanol–water partition coefficient (Wildman–Crippen LogP) is 4.84. The lowest BCUT2D eigenvalue weighted by molar-refractivity contribution is -0.122. The number of hydrogen-bond acceptors (Lipinski definition) is 4. The van der Waals surface area contributed by atoms with Crippen LogP contribution >= 0.6 is 73.3 Å². The Kier molecular flexibility index (Phi) is 6.77. The van der Waals surface area contributed by atoms with Crippen molar-refractivity contribution in [3.05, 3.63) is 58.6 Å². The van der Waals surface area contributed by atoms with Crippen LogP contribution in [0.25, 0.3) is 6.08 Å². The van der Waals surface area contributed by atoms with E-state index >= 15 is 0 Å². The van der Waals surface area contributed by atoms with Crippen molar-refractivity contribution in [2.75, 3.05) is 17.3 Å². The Morgan fingerprint density at radius 1 is 1.18 bits per heavy atom. The fourth-order valence-electron chi connectivity index (χ4n) is 2.83. The van der Waals surface area contributed by atoms with Crippen molar-refractivity contribution in [3.63, 3.8) is 0 Å². The van der Waals surface area contributed by atoms with Gasteiger partial charge in [0.1, 0.15) is 5.57 Å². The lowest BCUT2D eigenvalue weighted by Gasteiger charge is -2.30. The van der Waals surface area contributed by atoms with Gasteiger partial charge in [0, 0.05) is 18.7 Å². The summed E-state index contributed by atoms with van der Waals surface area (Å²) in [6, 6.07) is 9.37. The largest absolute Gasteiger partial charge is 0.386 e. The minimum atomic E-state index is -0.497. The lowest BCUT2D eigenvalue weighted by Crippen LogP contribution is -2.54. The number of amides is 2. The zero-order chi connectivity index (χ0) is 20.6. The zero-order valence-electron chi connectivity index (χ0n) is 14.8. The normalized spacial score (nSPS) is 15.8. The highest BCUT2D eigenvalue weighted by Crippen LogP contribution is 2.30. The van der Waals surface area contributed by atoms with Crippen molar-refractivity contribution in [2.45, 2.75) is 6.92 Å². The highest BCUT2D eigenvalue weighted by Gasteiger charge is 2.35. The monoisotopic (exact) mass is 681 g/mol. The summed E-state index contributed by atoms with van der Waals surface area (Å²) in [4.78, 5) is 27.0. The second-order valence-electron chi connectivity index (χ2n) is 6.00. The molecule has 0 saturated carbocycles. The van der Waals surface area contributed by atoms with Gasteiger partial charge in [-0.3, -0.25) is 19.8 Å². The number of benzene rings is 2. The van der Waals surface area contributed by atoms with Gasteiger partial charge in [0.05, 0.1) is 11.4 Å². The summed E-state index contributed by atoms with van der Waals surface area (Å²) in [5.41, 5.74) is 3.32. The Bertz CT molecular complexity index is 1030. The first-order chi connectivity index (χ1) is 13.2. The van der Waals surface area contributed by atoms with Crippen LogP contribution in [0.1, 0.15) is 11.1 Å². The number of hydrogen-bond donors (Lipinski definition) is 2. The highest BCUT2D eigenvalue weighted by atomic mass is 127. The van der Waals surface area contributed by atoms with Crippen LogP contribution in [0.2, 0.25) is 0 Å². The molecule has 0 aromatic heterocycles. The summed E-state index contributed by atoms with van der Waals surface area (Å²) in [5.74, 6) is -0.939. The molecular formula is C19H14BrI2N3O2S. The molecule has 2 amide bonds. The van der Waals surface area contributed by atoms with E-state index in [0.29, 0.717) is 5.69 Å². The number of aryl methyl sites for hydroxylation is 1. The van der Waals surface area contributed by atoms with Gasteiger partial charge >= 0.3 is 0 Å². The number of nitrogens with zero attached hydrogens (tertiary/aromatic N) is 1. The van der Waals surface area contributed by atoms with Crippen LogP contribution in [0.5, 0.6) is 0 Å². The Balaban J connectivity index is 2.06. The van der Waals surface area contributed by atoms with Crippen LogP contribution in [0.3, 0.4) is 0 Å². The smallest absolute Gasteiger partial charge is 0.270 e. The topological polar surface area (TPSA) is 61.4 Å². The molecule has 0 bridgehead atoms. The highest BCUT2D eigenvalue weighted by molar-refractivity contribution is 14.1. The van der Waals surface area contributed by atoms with Gasteiger partial charge in [0.25, 0.3) is 11.8 Å². The molecule has 1 aliphatic heterocycles. The number of carbonyl (C=O) groups is 2. The van der Waals surface area contributed by atoms with Gasteiger partial charge < -0.3 is 5.32 Å². The third-order valence-corrected chi connectivity index (χ3v) is 6.61. The molecule has 0 unspecified atom stereocenters. The Morgan fingerprint density at radius 2 is 1.82 bits per heavy atom. The molecule has 1 saturated heterocycles. The van der Waals surface area contributed by atoms with E-state index in [1.807, 2.05) is 38.2 Å². The first-order valence-corrected chi connectivity index (χ1v) is 11.4. The second kappa shape index (κ2) is 8.76.